The molecule has 3 aromatic rings. The second-order valence-electron chi connectivity index (χ2n) is 7.88. The molecule has 1 fully saturated rings. The minimum Gasteiger partial charge on any atom is -0.507 e. The van der Waals surface area contributed by atoms with Crippen LogP contribution in [0.25, 0.3) is 5.76 Å². The van der Waals surface area contributed by atoms with E-state index in [1.165, 1.54) is 29.2 Å². The Morgan fingerprint density at radius 1 is 1.06 bits per heavy atom. The van der Waals surface area contributed by atoms with Crippen LogP contribution in [-0.2, 0) is 16.0 Å². The van der Waals surface area contributed by atoms with Gasteiger partial charge in [-0.15, -0.1) is 0 Å². The number of aryl methyl sites for hydroxylation is 1. The van der Waals surface area contributed by atoms with Crippen LogP contribution in [0, 0.1) is 12.7 Å². The highest BCUT2D eigenvalue weighted by Crippen LogP contribution is 2.39. The SMILES string of the molecule is Cc1cc(/C(O)=C2/C(=O)C(=O)N(CCc3ccc(Cl)cc3)C2c2ccc(F)cc2)ccc1Br. The van der Waals surface area contributed by atoms with Gasteiger partial charge < -0.3 is 10.0 Å². The monoisotopic (exact) mass is 527 g/mol. The van der Waals surface area contributed by atoms with Crippen molar-refractivity contribution in [1.29, 1.82) is 0 Å². The van der Waals surface area contributed by atoms with Gasteiger partial charge in [0.25, 0.3) is 11.7 Å². The van der Waals surface area contributed by atoms with E-state index in [0.29, 0.717) is 22.6 Å². The molecule has 1 unspecified atom stereocenters. The third-order valence-corrected chi connectivity index (χ3v) is 6.85. The smallest absolute Gasteiger partial charge is 0.295 e. The number of halogens is 3. The first-order chi connectivity index (χ1) is 15.8. The summed E-state index contributed by atoms with van der Waals surface area (Å²) in [6.45, 7) is 2.10. The number of nitrogens with zero attached hydrogens (tertiary/aromatic N) is 1. The number of carbonyl (C=O) groups excluding carboxylic acids is 2. The minimum atomic E-state index is -0.832. The van der Waals surface area contributed by atoms with Crippen molar-refractivity contribution in [3.8, 4) is 0 Å². The number of hydrogen-bond acceptors (Lipinski definition) is 3. The number of amides is 1. The van der Waals surface area contributed by atoms with Crippen molar-refractivity contribution in [1.82, 2.24) is 4.90 Å². The summed E-state index contributed by atoms with van der Waals surface area (Å²) in [5, 5.41) is 11.7. The normalized spacial score (nSPS) is 17.6. The lowest BCUT2D eigenvalue weighted by Crippen LogP contribution is -2.31. The molecule has 0 saturated carbocycles. The average Bonchev–Trinajstić information content (AvgIpc) is 3.05. The van der Waals surface area contributed by atoms with Gasteiger partial charge in [-0.1, -0.05) is 57.9 Å². The molecule has 1 aliphatic heterocycles. The summed E-state index contributed by atoms with van der Waals surface area (Å²) in [4.78, 5) is 27.5. The quantitative estimate of drug-likeness (QED) is 0.243. The highest BCUT2D eigenvalue weighted by molar-refractivity contribution is 9.10. The van der Waals surface area contributed by atoms with E-state index in [2.05, 4.69) is 15.9 Å². The van der Waals surface area contributed by atoms with Gasteiger partial charge in [0, 0.05) is 21.6 Å². The second kappa shape index (κ2) is 9.49. The molecular formula is C26H20BrClFNO3. The van der Waals surface area contributed by atoms with E-state index in [4.69, 9.17) is 11.6 Å². The first-order valence-electron chi connectivity index (χ1n) is 10.3. The third-order valence-electron chi connectivity index (χ3n) is 5.71. The summed E-state index contributed by atoms with van der Waals surface area (Å²) < 4.78 is 14.5. The summed E-state index contributed by atoms with van der Waals surface area (Å²) in [6, 6.07) is 17.2. The van der Waals surface area contributed by atoms with Crippen LogP contribution in [0.2, 0.25) is 5.02 Å². The zero-order chi connectivity index (χ0) is 23.7. The van der Waals surface area contributed by atoms with Crippen LogP contribution in [0.15, 0.2) is 76.8 Å². The molecule has 0 aliphatic carbocycles. The van der Waals surface area contributed by atoms with Crippen LogP contribution in [0.1, 0.15) is 28.3 Å². The molecule has 1 aliphatic rings. The number of likely N-dealkylation sites (tertiary alicyclic amines) is 1. The van der Waals surface area contributed by atoms with Crippen molar-refractivity contribution >= 4 is 45.0 Å². The number of aliphatic hydroxyl groups is 1. The molecular weight excluding hydrogens is 509 g/mol. The van der Waals surface area contributed by atoms with Crippen LogP contribution < -0.4 is 0 Å². The maximum absolute atomic E-state index is 13.6. The van der Waals surface area contributed by atoms with Gasteiger partial charge in [0.1, 0.15) is 11.6 Å². The van der Waals surface area contributed by atoms with Crippen molar-refractivity contribution in [2.75, 3.05) is 6.54 Å². The fourth-order valence-electron chi connectivity index (χ4n) is 3.95. The molecule has 1 amide bonds. The molecule has 1 saturated heterocycles. The Kier molecular flexibility index (Phi) is 6.68. The van der Waals surface area contributed by atoms with Gasteiger partial charge in [0.2, 0.25) is 0 Å². The Labute approximate surface area is 204 Å². The highest BCUT2D eigenvalue weighted by Gasteiger charge is 2.45. The molecule has 1 atom stereocenters. The lowest BCUT2D eigenvalue weighted by Gasteiger charge is -2.25. The molecule has 168 valence electrons. The maximum atomic E-state index is 13.6. The number of ketones is 1. The lowest BCUT2D eigenvalue weighted by atomic mass is 9.94. The van der Waals surface area contributed by atoms with Crippen molar-refractivity contribution < 1.29 is 19.1 Å². The number of aliphatic hydroxyl groups excluding tert-OH is 1. The first-order valence-corrected chi connectivity index (χ1v) is 11.5. The van der Waals surface area contributed by atoms with Gasteiger partial charge in [-0.25, -0.2) is 4.39 Å². The van der Waals surface area contributed by atoms with Gasteiger partial charge in [-0.05, 0) is 66.4 Å². The number of carbonyl (C=O) groups is 2. The van der Waals surface area contributed by atoms with Gasteiger partial charge in [0.15, 0.2) is 0 Å². The van der Waals surface area contributed by atoms with E-state index in [1.807, 2.05) is 19.1 Å². The molecule has 4 rings (SSSR count). The van der Waals surface area contributed by atoms with E-state index in [-0.39, 0.29) is 17.9 Å². The number of hydrogen-bond donors (Lipinski definition) is 1. The number of rotatable bonds is 5. The Bertz CT molecular complexity index is 1260. The summed E-state index contributed by atoms with van der Waals surface area (Å²) >= 11 is 9.38. The fraction of sp³-hybridized carbons (Fsp3) is 0.154. The van der Waals surface area contributed by atoms with E-state index in [1.54, 1.807) is 30.3 Å². The van der Waals surface area contributed by atoms with Crippen LogP contribution in [-0.4, -0.2) is 28.2 Å². The highest BCUT2D eigenvalue weighted by atomic mass is 79.9. The van der Waals surface area contributed by atoms with Crippen molar-refractivity contribution in [3.63, 3.8) is 0 Å². The Morgan fingerprint density at radius 3 is 2.36 bits per heavy atom. The molecule has 1 heterocycles. The van der Waals surface area contributed by atoms with Gasteiger partial charge in [-0.3, -0.25) is 9.59 Å². The molecule has 33 heavy (non-hydrogen) atoms. The van der Waals surface area contributed by atoms with Crippen LogP contribution in [0.3, 0.4) is 0 Å². The van der Waals surface area contributed by atoms with Crippen LogP contribution in [0.5, 0.6) is 0 Å². The molecule has 0 radical (unpaired) electrons. The van der Waals surface area contributed by atoms with E-state index < -0.39 is 23.5 Å². The first kappa shape index (κ1) is 23.2. The number of Topliss-reactive ketones (excluding diaryl/α,β-unsaturated/α-hetero) is 1. The van der Waals surface area contributed by atoms with Crippen molar-refractivity contribution in [2.45, 2.75) is 19.4 Å². The topological polar surface area (TPSA) is 57.6 Å². The van der Waals surface area contributed by atoms with Gasteiger partial charge >= 0.3 is 0 Å². The molecule has 1 N–H and O–H groups in total. The standard InChI is InChI=1S/C26H20BrClFNO3/c1-15-14-18(6-11-21(15)27)24(31)22-23(17-4-9-20(29)10-5-17)30(26(33)25(22)32)13-12-16-2-7-19(28)8-3-16/h2-11,14,23,31H,12-13H2,1H3/b24-22-. The number of benzene rings is 3. The predicted molar refractivity (Wildman–Crippen MR) is 129 cm³/mol. The largest absolute Gasteiger partial charge is 0.507 e. The molecule has 0 aromatic heterocycles. The summed E-state index contributed by atoms with van der Waals surface area (Å²) in [6.07, 6.45) is 0.485. The van der Waals surface area contributed by atoms with Gasteiger partial charge in [0.05, 0.1) is 11.6 Å². The molecule has 0 bridgehead atoms. The molecule has 0 spiro atoms. The Hall–Kier alpha value is -2.96. The van der Waals surface area contributed by atoms with E-state index in [0.717, 1.165) is 15.6 Å². The summed E-state index contributed by atoms with van der Waals surface area (Å²) in [7, 11) is 0. The zero-order valence-electron chi connectivity index (χ0n) is 17.7. The van der Waals surface area contributed by atoms with Crippen LogP contribution >= 0.6 is 27.5 Å². The van der Waals surface area contributed by atoms with Gasteiger partial charge in [-0.2, -0.15) is 0 Å². The molecule has 3 aromatic carbocycles. The minimum absolute atomic E-state index is 0.00978. The zero-order valence-corrected chi connectivity index (χ0v) is 20.0. The molecule has 4 nitrogen and oxygen atoms in total. The Balaban J connectivity index is 1.78. The molecule has 7 heteroatoms. The third kappa shape index (κ3) is 4.72. The van der Waals surface area contributed by atoms with E-state index in [9.17, 15) is 19.1 Å². The summed E-state index contributed by atoms with van der Waals surface area (Å²) in [5.41, 5.74) is 2.78. The van der Waals surface area contributed by atoms with Crippen molar-refractivity contribution in [2.24, 2.45) is 0 Å². The lowest BCUT2D eigenvalue weighted by molar-refractivity contribution is -0.139. The van der Waals surface area contributed by atoms with Crippen LogP contribution in [0.4, 0.5) is 4.39 Å². The average molecular weight is 529 g/mol. The maximum Gasteiger partial charge on any atom is 0.295 e. The Morgan fingerprint density at radius 2 is 1.73 bits per heavy atom. The predicted octanol–water partition coefficient (Wildman–Crippen LogP) is 6.21. The summed E-state index contributed by atoms with van der Waals surface area (Å²) in [5.74, 6) is -2.15. The van der Waals surface area contributed by atoms with E-state index >= 15 is 0 Å². The second-order valence-corrected chi connectivity index (χ2v) is 9.18. The van der Waals surface area contributed by atoms with Crippen molar-refractivity contribution in [3.05, 3.63) is 110 Å². The fourth-order valence-corrected chi connectivity index (χ4v) is 4.32.